The number of carbonyl (C=O) groups excluding carboxylic acids is 4. The Kier molecular flexibility index (Phi) is 19.2. The number of nitrogens with one attached hydrogen (secondary N) is 1. The van der Waals surface area contributed by atoms with Crippen molar-refractivity contribution in [3.05, 3.63) is 0 Å². The van der Waals surface area contributed by atoms with Crippen LogP contribution in [0.3, 0.4) is 0 Å². The zero-order chi connectivity index (χ0) is 20.7. The molecule has 11 heteroatoms. The fraction of sp³-hybridized carbons (Fsp3) is 0.765. The van der Waals surface area contributed by atoms with Gasteiger partial charge in [-0.3, -0.25) is 19.2 Å². The predicted octanol–water partition coefficient (Wildman–Crippen LogP) is -1.54. The lowest BCUT2D eigenvalue weighted by atomic mass is 10.1. The summed E-state index contributed by atoms with van der Waals surface area (Å²) < 4.78 is 9.61. The van der Waals surface area contributed by atoms with Gasteiger partial charge in [0.05, 0.1) is 25.7 Å². The van der Waals surface area contributed by atoms with E-state index >= 15 is 0 Å². The second kappa shape index (κ2) is 18.3. The van der Waals surface area contributed by atoms with Crippen molar-refractivity contribution in [2.75, 3.05) is 24.7 Å². The maximum absolute atomic E-state index is 12.4. The molecule has 0 aromatic carbocycles. The molecule has 0 saturated carbocycles. The van der Waals surface area contributed by atoms with E-state index in [1.165, 1.54) is 10.8 Å². The molecule has 0 heterocycles. The van der Waals surface area contributed by atoms with Gasteiger partial charge < -0.3 is 37.5 Å². The maximum atomic E-state index is 12.4. The van der Waals surface area contributed by atoms with Crippen molar-refractivity contribution >= 4 is 45.2 Å². The molecule has 28 heavy (non-hydrogen) atoms. The van der Waals surface area contributed by atoms with E-state index in [-0.39, 0.29) is 67.6 Å². The molecule has 0 aromatic heterocycles. The molecule has 0 radical (unpaired) electrons. The molecular weight excluding hydrogens is 472 g/mol. The minimum absolute atomic E-state index is 0. The average Bonchev–Trinajstić information content (AvgIpc) is 2.63. The zero-order valence-electron chi connectivity index (χ0n) is 16.5. The van der Waals surface area contributed by atoms with Gasteiger partial charge in [0.25, 0.3) is 0 Å². The summed E-state index contributed by atoms with van der Waals surface area (Å²) in [7, 11) is 3.06. The Morgan fingerprint density at radius 1 is 0.964 bits per heavy atom. The van der Waals surface area contributed by atoms with Crippen LogP contribution in [0.2, 0.25) is 0 Å². The Bertz CT molecular complexity index is 496. The van der Waals surface area contributed by atoms with Gasteiger partial charge in [-0.1, -0.05) is 28.5 Å². The fourth-order valence-electron chi connectivity index (χ4n) is 1.97. The Morgan fingerprint density at radius 3 is 2.18 bits per heavy atom. The molecule has 0 bridgehead atoms. The summed E-state index contributed by atoms with van der Waals surface area (Å²) in [5, 5.41) is 2.68. The van der Waals surface area contributed by atoms with Crippen LogP contribution in [-0.2, 0) is 28.7 Å². The van der Waals surface area contributed by atoms with Crippen LogP contribution in [0.15, 0.2) is 0 Å². The maximum Gasteiger partial charge on any atom is 0.322 e. The summed E-state index contributed by atoms with van der Waals surface area (Å²) in [6.45, 7) is 5.85. The topological polar surface area (TPSA) is 125 Å². The number of hydrogen-bond donors (Lipinski definition) is 2. The molecule has 8 nitrogen and oxygen atoms in total. The Balaban J connectivity index is 0. The molecule has 0 aliphatic carbocycles. The lowest BCUT2D eigenvalue weighted by Gasteiger charge is -2.17. The van der Waals surface area contributed by atoms with Crippen molar-refractivity contribution in [2.24, 2.45) is 5.73 Å². The summed E-state index contributed by atoms with van der Waals surface area (Å²) in [5.74, 6) is -0.317. The standard InChI is InChI=1S/C17H30N2O6S2.BrH/c1-4-24-16(22)10-8-14(20)13(11-27-26-6-3)19-15(21)9-7-12(18)17(23)25-5-2;/h12-13H,4-11,18H2,1-3H3,(H,19,21);1H/p-1. The van der Waals surface area contributed by atoms with Gasteiger partial charge in [0.2, 0.25) is 5.91 Å². The van der Waals surface area contributed by atoms with Crippen molar-refractivity contribution in [2.45, 2.75) is 58.5 Å². The van der Waals surface area contributed by atoms with E-state index in [0.29, 0.717) is 5.75 Å². The van der Waals surface area contributed by atoms with Crippen LogP contribution >= 0.6 is 21.6 Å². The van der Waals surface area contributed by atoms with Crippen LogP contribution in [0.4, 0.5) is 0 Å². The number of hydrogen-bond acceptors (Lipinski definition) is 9. The van der Waals surface area contributed by atoms with E-state index < -0.39 is 24.0 Å². The van der Waals surface area contributed by atoms with Crippen LogP contribution in [0.25, 0.3) is 0 Å². The Hall–Kier alpha value is -0.780. The summed E-state index contributed by atoms with van der Waals surface area (Å²) in [4.78, 5) is 47.4. The van der Waals surface area contributed by atoms with Crippen molar-refractivity contribution in [3.63, 3.8) is 0 Å². The molecule has 0 fully saturated rings. The number of amides is 1. The van der Waals surface area contributed by atoms with Gasteiger partial charge in [-0.25, -0.2) is 0 Å². The molecule has 0 spiro atoms. The first-order valence-electron chi connectivity index (χ1n) is 8.99. The van der Waals surface area contributed by atoms with Gasteiger partial charge in [-0.15, -0.1) is 0 Å². The Labute approximate surface area is 185 Å². The molecule has 0 rings (SSSR count). The highest BCUT2D eigenvalue weighted by atomic mass is 79.9. The van der Waals surface area contributed by atoms with Crippen molar-refractivity contribution < 1.29 is 45.6 Å². The zero-order valence-corrected chi connectivity index (χ0v) is 19.8. The van der Waals surface area contributed by atoms with Gasteiger partial charge in [0.15, 0.2) is 5.78 Å². The molecule has 2 atom stereocenters. The van der Waals surface area contributed by atoms with Crippen LogP contribution in [0.5, 0.6) is 0 Å². The minimum atomic E-state index is -0.876. The lowest BCUT2D eigenvalue weighted by molar-refractivity contribution is -0.145. The quantitative estimate of drug-likeness (QED) is 0.156. The second-order valence-electron chi connectivity index (χ2n) is 5.48. The molecule has 2 unspecified atom stereocenters. The van der Waals surface area contributed by atoms with Gasteiger partial charge in [0.1, 0.15) is 6.04 Å². The summed E-state index contributed by atoms with van der Waals surface area (Å²) in [5.41, 5.74) is 5.67. The first-order valence-corrected chi connectivity index (χ1v) is 11.5. The molecule has 0 aromatic rings. The highest BCUT2D eigenvalue weighted by Crippen LogP contribution is 2.22. The normalized spacial score (nSPS) is 12.3. The summed E-state index contributed by atoms with van der Waals surface area (Å²) in [6, 6.07) is -1.58. The van der Waals surface area contributed by atoms with E-state index in [4.69, 9.17) is 15.2 Å². The van der Waals surface area contributed by atoms with E-state index in [2.05, 4.69) is 5.32 Å². The third-order valence-corrected chi connectivity index (χ3v) is 5.80. The fourth-order valence-corrected chi connectivity index (χ4v) is 3.83. The first-order chi connectivity index (χ1) is 12.8. The highest BCUT2D eigenvalue weighted by molar-refractivity contribution is 8.76. The molecule has 3 N–H and O–H groups in total. The molecule has 0 aliphatic heterocycles. The number of nitrogens with two attached hydrogens (primary N) is 1. The van der Waals surface area contributed by atoms with Gasteiger partial charge in [-0.05, 0) is 20.3 Å². The number of ketones is 1. The number of halogens is 1. The monoisotopic (exact) mass is 501 g/mol. The number of esters is 2. The average molecular weight is 502 g/mol. The van der Waals surface area contributed by atoms with E-state index in [1.807, 2.05) is 6.92 Å². The third-order valence-electron chi connectivity index (χ3n) is 3.31. The summed E-state index contributed by atoms with van der Waals surface area (Å²) >= 11 is 0. The van der Waals surface area contributed by atoms with Gasteiger partial charge in [-0.2, -0.15) is 0 Å². The Morgan fingerprint density at radius 2 is 1.61 bits per heavy atom. The minimum Gasteiger partial charge on any atom is -1.00 e. The molecule has 1 amide bonds. The van der Waals surface area contributed by atoms with Crippen molar-refractivity contribution in [3.8, 4) is 0 Å². The van der Waals surface area contributed by atoms with E-state index in [1.54, 1.807) is 24.6 Å². The number of carbonyl (C=O) groups is 4. The van der Waals surface area contributed by atoms with Gasteiger partial charge in [0, 0.05) is 24.3 Å². The SMILES string of the molecule is CCOC(=O)CCC(=O)C(CSSCC)NC(=O)CCC(N)C(=O)OCC.[Br-]. The predicted molar refractivity (Wildman–Crippen MR) is 107 cm³/mol. The van der Waals surface area contributed by atoms with Crippen molar-refractivity contribution in [1.29, 1.82) is 0 Å². The number of ether oxygens (including phenoxy) is 2. The number of rotatable bonds is 15. The van der Waals surface area contributed by atoms with E-state index in [0.717, 1.165) is 5.75 Å². The highest BCUT2D eigenvalue weighted by Gasteiger charge is 2.23. The van der Waals surface area contributed by atoms with Gasteiger partial charge >= 0.3 is 11.9 Å². The lowest BCUT2D eigenvalue weighted by Crippen LogP contribution is -3.00. The largest absolute Gasteiger partial charge is 1.00 e. The molecular formula is C17H30BrN2O6S2-. The molecule has 0 aliphatic rings. The summed E-state index contributed by atoms with van der Waals surface area (Å²) in [6.07, 6.45) is 0.125. The van der Waals surface area contributed by atoms with Crippen molar-refractivity contribution in [1.82, 2.24) is 5.32 Å². The second-order valence-corrected chi connectivity index (χ2v) is 8.28. The van der Waals surface area contributed by atoms with Crippen LogP contribution in [-0.4, -0.2) is 60.4 Å². The third kappa shape index (κ3) is 14.3. The molecule has 164 valence electrons. The molecule has 0 saturated heterocycles. The number of Topliss-reactive ketones (excluding diaryl/α,β-unsaturated/α-hetero) is 1. The van der Waals surface area contributed by atoms with Crippen LogP contribution in [0.1, 0.15) is 46.5 Å². The van der Waals surface area contributed by atoms with Crippen LogP contribution in [0, 0.1) is 0 Å². The van der Waals surface area contributed by atoms with E-state index in [9.17, 15) is 19.2 Å². The smallest absolute Gasteiger partial charge is 0.322 e. The van der Waals surface area contributed by atoms with Crippen LogP contribution < -0.4 is 28.0 Å². The first kappa shape index (κ1) is 29.4.